The van der Waals surface area contributed by atoms with E-state index in [0.29, 0.717) is 18.4 Å². The lowest BCUT2D eigenvalue weighted by Crippen LogP contribution is -2.44. The van der Waals surface area contributed by atoms with Gasteiger partial charge in [0.2, 0.25) is 0 Å². The van der Waals surface area contributed by atoms with Gasteiger partial charge < -0.3 is 15.2 Å². The predicted molar refractivity (Wildman–Crippen MR) is 80.6 cm³/mol. The van der Waals surface area contributed by atoms with Crippen molar-refractivity contribution in [2.45, 2.75) is 65.9 Å². The average molecular weight is 285 g/mol. The van der Waals surface area contributed by atoms with Gasteiger partial charge in [-0.2, -0.15) is 0 Å². The second kappa shape index (κ2) is 6.79. The first-order valence-electron chi connectivity index (χ1n) is 7.80. The van der Waals surface area contributed by atoms with Crippen molar-refractivity contribution in [2.75, 3.05) is 13.2 Å². The monoisotopic (exact) mass is 285 g/mol. The molecular formula is C16H31NO3. The topological polar surface area (TPSA) is 58.6 Å². The highest BCUT2D eigenvalue weighted by molar-refractivity contribution is 5.67. The Morgan fingerprint density at radius 2 is 2.00 bits per heavy atom. The van der Waals surface area contributed by atoms with Crippen LogP contribution in [0.3, 0.4) is 0 Å². The smallest absolute Gasteiger partial charge is 0.407 e. The van der Waals surface area contributed by atoms with Crippen molar-refractivity contribution in [3.05, 3.63) is 0 Å². The number of rotatable bonds is 7. The van der Waals surface area contributed by atoms with Gasteiger partial charge in [0.05, 0.1) is 6.61 Å². The molecule has 2 unspecified atom stereocenters. The van der Waals surface area contributed by atoms with E-state index in [9.17, 15) is 9.90 Å². The molecule has 0 aromatic heterocycles. The van der Waals surface area contributed by atoms with E-state index in [2.05, 4.69) is 19.2 Å². The second-order valence-corrected chi connectivity index (χ2v) is 7.37. The number of nitrogens with one attached hydrogen (secondary N) is 1. The summed E-state index contributed by atoms with van der Waals surface area (Å²) in [4.78, 5) is 11.8. The first-order chi connectivity index (χ1) is 9.22. The number of carbonyl (C=O) groups is 1. The lowest BCUT2D eigenvalue weighted by atomic mass is 9.75. The van der Waals surface area contributed by atoms with Gasteiger partial charge in [-0.1, -0.05) is 20.3 Å². The summed E-state index contributed by atoms with van der Waals surface area (Å²) < 4.78 is 5.28. The molecule has 2 N–H and O–H groups in total. The lowest BCUT2D eigenvalue weighted by Gasteiger charge is -2.35. The van der Waals surface area contributed by atoms with Gasteiger partial charge in [0.1, 0.15) is 5.60 Å². The molecule has 2 atom stereocenters. The summed E-state index contributed by atoms with van der Waals surface area (Å²) in [6, 6.07) is 0. The third kappa shape index (κ3) is 5.31. The Labute approximate surface area is 123 Å². The predicted octanol–water partition coefficient (Wildman–Crippen LogP) is 3.34. The third-order valence-corrected chi connectivity index (χ3v) is 4.19. The Hall–Kier alpha value is -0.770. The van der Waals surface area contributed by atoms with Crippen molar-refractivity contribution in [3.8, 4) is 0 Å². The van der Waals surface area contributed by atoms with Crippen LogP contribution in [-0.2, 0) is 4.74 Å². The molecule has 1 amide bonds. The maximum atomic E-state index is 11.8. The Morgan fingerprint density at radius 1 is 1.40 bits per heavy atom. The lowest BCUT2D eigenvalue weighted by molar-refractivity contribution is 0.0391. The molecule has 20 heavy (non-hydrogen) atoms. The average Bonchev–Trinajstić information content (AvgIpc) is 3.16. The zero-order valence-electron chi connectivity index (χ0n) is 13.7. The number of hydrogen-bond acceptors (Lipinski definition) is 3. The maximum Gasteiger partial charge on any atom is 0.407 e. The minimum Gasteiger partial charge on any atom is -0.444 e. The number of carbonyl (C=O) groups excluding carboxylic acids is 1. The van der Waals surface area contributed by atoms with Crippen LogP contribution in [0.4, 0.5) is 4.79 Å². The van der Waals surface area contributed by atoms with E-state index in [0.717, 1.165) is 25.7 Å². The molecule has 0 aromatic carbocycles. The van der Waals surface area contributed by atoms with Crippen LogP contribution in [0.5, 0.6) is 0 Å². The fourth-order valence-corrected chi connectivity index (χ4v) is 2.73. The molecule has 0 aliphatic heterocycles. The summed E-state index contributed by atoms with van der Waals surface area (Å²) >= 11 is 0. The van der Waals surface area contributed by atoms with E-state index in [4.69, 9.17) is 4.74 Å². The molecule has 1 rings (SSSR count). The first kappa shape index (κ1) is 17.3. The quantitative estimate of drug-likeness (QED) is 0.754. The Bertz CT molecular complexity index is 320. The van der Waals surface area contributed by atoms with E-state index in [1.165, 1.54) is 0 Å². The molecule has 1 fully saturated rings. The second-order valence-electron chi connectivity index (χ2n) is 7.37. The van der Waals surface area contributed by atoms with Gasteiger partial charge in [-0.25, -0.2) is 4.79 Å². The van der Waals surface area contributed by atoms with Crippen LogP contribution >= 0.6 is 0 Å². The van der Waals surface area contributed by atoms with E-state index >= 15 is 0 Å². The summed E-state index contributed by atoms with van der Waals surface area (Å²) in [7, 11) is 0. The molecule has 4 heteroatoms. The molecular weight excluding hydrogens is 254 g/mol. The highest BCUT2D eigenvalue weighted by atomic mass is 16.6. The Balaban J connectivity index is 2.59. The Morgan fingerprint density at radius 3 is 2.40 bits per heavy atom. The fraction of sp³-hybridized carbons (Fsp3) is 0.938. The molecule has 0 radical (unpaired) electrons. The van der Waals surface area contributed by atoms with Crippen LogP contribution in [0.25, 0.3) is 0 Å². The van der Waals surface area contributed by atoms with Gasteiger partial charge in [-0.05, 0) is 51.9 Å². The minimum absolute atomic E-state index is 0.137. The number of alkyl carbamates (subject to hydrolysis) is 1. The summed E-state index contributed by atoms with van der Waals surface area (Å²) in [6.45, 7) is 10.6. The molecule has 0 aromatic rings. The maximum absolute atomic E-state index is 11.8. The van der Waals surface area contributed by atoms with Gasteiger partial charge in [0.15, 0.2) is 0 Å². The molecule has 1 aliphatic rings. The summed E-state index contributed by atoms with van der Waals surface area (Å²) in [5.74, 6) is 1.10. The number of hydrogen-bond donors (Lipinski definition) is 2. The summed E-state index contributed by atoms with van der Waals surface area (Å²) in [6.07, 6.45) is 3.99. The molecule has 118 valence electrons. The van der Waals surface area contributed by atoms with Crippen molar-refractivity contribution < 1.29 is 14.6 Å². The van der Waals surface area contributed by atoms with Gasteiger partial charge in [-0.3, -0.25) is 0 Å². The minimum atomic E-state index is -0.484. The van der Waals surface area contributed by atoms with E-state index in [1.807, 2.05) is 20.8 Å². The van der Waals surface area contributed by atoms with Crippen LogP contribution in [-0.4, -0.2) is 30.0 Å². The van der Waals surface area contributed by atoms with Gasteiger partial charge in [-0.15, -0.1) is 0 Å². The molecule has 0 saturated heterocycles. The van der Waals surface area contributed by atoms with Crippen molar-refractivity contribution in [1.29, 1.82) is 0 Å². The van der Waals surface area contributed by atoms with Gasteiger partial charge in [0, 0.05) is 12.0 Å². The SMILES string of the molecule is CCC(C)CC(CO)(CNC(=O)OC(C)(C)C)C1CC1. The normalized spacial score (nSPS) is 20.1. The Kier molecular flexibility index (Phi) is 5.87. The van der Waals surface area contributed by atoms with E-state index in [1.54, 1.807) is 0 Å². The van der Waals surface area contributed by atoms with Gasteiger partial charge in [0.25, 0.3) is 0 Å². The standard InChI is InChI=1S/C16H31NO3/c1-6-12(2)9-16(11-18,13-7-8-13)10-17-14(19)20-15(3,4)5/h12-13,18H,6-11H2,1-5H3,(H,17,19). The zero-order chi connectivity index (χ0) is 15.4. The third-order valence-electron chi connectivity index (χ3n) is 4.19. The van der Waals surface area contributed by atoms with Crippen LogP contribution in [0.15, 0.2) is 0 Å². The van der Waals surface area contributed by atoms with Crippen LogP contribution in [0, 0.1) is 17.3 Å². The fourth-order valence-electron chi connectivity index (χ4n) is 2.73. The van der Waals surface area contributed by atoms with Crippen molar-refractivity contribution in [3.63, 3.8) is 0 Å². The number of aliphatic hydroxyl groups is 1. The van der Waals surface area contributed by atoms with Crippen molar-refractivity contribution >= 4 is 6.09 Å². The van der Waals surface area contributed by atoms with Crippen LogP contribution in [0.2, 0.25) is 0 Å². The molecule has 4 nitrogen and oxygen atoms in total. The largest absolute Gasteiger partial charge is 0.444 e. The molecule has 0 spiro atoms. The van der Waals surface area contributed by atoms with Crippen LogP contribution < -0.4 is 5.32 Å². The molecule has 0 bridgehead atoms. The van der Waals surface area contributed by atoms with Crippen LogP contribution in [0.1, 0.15) is 60.3 Å². The molecule has 1 saturated carbocycles. The summed E-state index contributed by atoms with van der Waals surface area (Å²) in [5.41, 5.74) is -0.658. The highest BCUT2D eigenvalue weighted by Crippen LogP contribution is 2.49. The van der Waals surface area contributed by atoms with Crippen molar-refractivity contribution in [1.82, 2.24) is 5.32 Å². The van der Waals surface area contributed by atoms with Crippen molar-refractivity contribution in [2.24, 2.45) is 17.3 Å². The number of ether oxygens (including phenoxy) is 1. The highest BCUT2D eigenvalue weighted by Gasteiger charge is 2.45. The van der Waals surface area contributed by atoms with E-state index < -0.39 is 5.60 Å². The zero-order valence-corrected chi connectivity index (χ0v) is 13.7. The first-order valence-corrected chi connectivity index (χ1v) is 7.80. The summed E-state index contributed by atoms with van der Waals surface area (Å²) in [5, 5.41) is 12.7. The number of aliphatic hydroxyl groups excluding tert-OH is 1. The van der Waals surface area contributed by atoms with E-state index in [-0.39, 0.29) is 18.1 Å². The molecule has 0 heterocycles. The number of amides is 1. The molecule has 1 aliphatic carbocycles. The van der Waals surface area contributed by atoms with Gasteiger partial charge >= 0.3 is 6.09 Å².